The molecular weight excluding hydrogens is 118 g/mol. The lowest BCUT2D eigenvalue weighted by molar-refractivity contribution is -0.138. The van der Waals surface area contributed by atoms with Crippen LogP contribution in [0.15, 0.2) is 12.2 Å². The van der Waals surface area contributed by atoms with Crippen molar-refractivity contribution in [1.29, 1.82) is 0 Å². The Hall–Kier alpha value is -0.830. The van der Waals surface area contributed by atoms with Gasteiger partial charge in [0.15, 0.2) is 0 Å². The van der Waals surface area contributed by atoms with E-state index in [1.165, 1.54) is 0 Å². The minimum atomic E-state index is -0.932. The largest absolute Gasteiger partial charge is 0.480 e. The molecule has 50 valence electrons. The quantitative estimate of drug-likeness (QED) is 0.512. The molecular formula is C6H9NO2. The van der Waals surface area contributed by atoms with Crippen LogP contribution in [-0.4, -0.2) is 17.1 Å². The molecule has 0 spiro atoms. The van der Waals surface area contributed by atoms with Gasteiger partial charge < -0.3 is 10.8 Å². The first kappa shape index (κ1) is 6.29. The number of carboxylic acid groups (broad SMARTS) is 1. The fourth-order valence-electron chi connectivity index (χ4n) is 0.777. The van der Waals surface area contributed by atoms with Crippen LogP contribution in [0, 0.1) is 5.92 Å². The second-order valence-corrected chi connectivity index (χ2v) is 2.33. The van der Waals surface area contributed by atoms with Gasteiger partial charge in [0, 0.05) is 5.92 Å². The van der Waals surface area contributed by atoms with Gasteiger partial charge in [-0.15, -0.1) is 0 Å². The van der Waals surface area contributed by atoms with Crippen LogP contribution >= 0.6 is 0 Å². The third-order valence-electron chi connectivity index (χ3n) is 1.56. The van der Waals surface area contributed by atoms with Gasteiger partial charge in [0.25, 0.3) is 0 Å². The van der Waals surface area contributed by atoms with Crippen molar-refractivity contribution in [3.63, 3.8) is 0 Å². The van der Waals surface area contributed by atoms with E-state index in [0.717, 1.165) is 12.0 Å². The maximum Gasteiger partial charge on any atom is 0.321 e. The summed E-state index contributed by atoms with van der Waals surface area (Å²) in [6, 6.07) is -0.725. The highest BCUT2D eigenvalue weighted by Gasteiger charge is 2.37. The summed E-state index contributed by atoms with van der Waals surface area (Å²) < 4.78 is 0. The number of aliphatic carboxylic acids is 1. The van der Waals surface area contributed by atoms with E-state index in [2.05, 4.69) is 6.58 Å². The molecule has 0 heterocycles. The van der Waals surface area contributed by atoms with Gasteiger partial charge >= 0.3 is 5.97 Å². The highest BCUT2D eigenvalue weighted by molar-refractivity contribution is 5.75. The third-order valence-corrected chi connectivity index (χ3v) is 1.56. The van der Waals surface area contributed by atoms with Crippen molar-refractivity contribution in [3.05, 3.63) is 12.2 Å². The van der Waals surface area contributed by atoms with E-state index in [0.29, 0.717) is 0 Å². The Balaban J connectivity index is 2.45. The monoisotopic (exact) mass is 127 g/mol. The van der Waals surface area contributed by atoms with Gasteiger partial charge in [-0.3, -0.25) is 4.79 Å². The molecule has 1 saturated carbocycles. The van der Waals surface area contributed by atoms with Crippen molar-refractivity contribution in [1.82, 2.24) is 0 Å². The van der Waals surface area contributed by atoms with Crippen LogP contribution in [0.25, 0.3) is 0 Å². The SMILES string of the molecule is C=C1C[C@H]1[C@H](N)C(=O)O. The first-order chi connectivity index (χ1) is 4.13. The average Bonchev–Trinajstić information content (AvgIpc) is 2.44. The van der Waals surface area contributed by atoms with Crippen LogP contribution in [0.3, 0.4) is 0 Å². The second-order valence-electron chi connectivity index (χ2n) is 2.33. The Morgan fingerprint density at radius 1 is 2.00 bits per heavy atom. The fourth-order valence-corrected chi connectivity index (χ4v) is 0.777. The van der Waals surface area contributed by atoms with Gasteiger partial charge in [-0.25, -0.2) is 0 Å². The zero-order valence-electron chi connectivity index (χ0n) is 5.00. The van der Waals surface area contributed by atoms with Gasteiger partial charge in [-0.1, -0.05) is 12.2 Å². The standard InChI is InChI=1S/C6H9NO2/c1-3-2-4(3)5(7)6(8)9/h4-5H,1-2,7H2,(H,8,9)/t4-,5+/m1/s1. The van der Waals surface area contributed by atoms with Crippen LogP contribution < -0.4 is 5.73 Å². The Kier molecular flexibility index (Phi) is 1.29. The van der Waals surface area contributed by atoms with Crippen molar-refractivity contribution >= 4 is 5.97 Å². The predicted octanol–water partition coefficient (Wildman–Crippen LogP) is -0.0256. The van der Waals surface area contributed by atoms with Crippen LogP contribution in [0.1, 0.15) is 6.42 Å². The minimum absolute atomic E-state index is 0.0440. The Morgan fingerprint density at radius 2 is 2.44 bits per heavy atom. The molecule has 0 bridgehead atoms. The van der Waals surface area contributed by atoms with Gasteiger partial charge in [0.05, 0.1) is 0 Å². The molecule has 1 aliphatic rings. The van der Waals surface area contributed by atoms with Gasteiger partial charge in [0.1, 0.15) is 6.04 Å². The van der Waals surface area contributed by atoms with E-state index in [1.807, 2.05) is 0 Å². The summed E-state index contributed by atoms with van der Waals surface area (Å²) in [7, 11) is 0. The van der Waals surface area contributed by atoms with Crippen molar-refractivity contribution in [2.75, 3.05) is 0 Å². The highest BCUT2D eigenvalue weighted by atomic mass is 16.4. The Bertz CT molecular complexity index is 164. The zero-order chi connectivity index (χ0) is 7.02. The molecule has 1 aliphatic carbocycles. The van der Waals surface area contributed by atoms with Crippen LogP contribution in [0.5, 0.6) is 0 Å². The Morgan fingerprint density at radius 3 is 2.56 bits per heavy atom. The molecule has 1 fully saturated rings. The molecule has 0 aromatic carbocycles. The molecule has 0 radical (unpaired) electrons. The van der Waals surface area contributed by atoms with Crippen LogP contribution in [-0.2, 0) is 4.79 Å². The van der Waals surface area contributed by atoms with Gasteiger partial charge in [0.2, 0.25) is 0 Å². The maximum absolute atomic E-state index is 10.2. The molecule has 2 atom stereocenters. The maximum atomic E-state index is 10.2. The number of hydrogen-bond acceptors (Lipinski definition) is 2. The molecule has 0 aliphatic heterocycles. The average molecular weight is 127 g/mol. The zero-order valence-corrected chi connectivity index (χ0v) is 5.00. The molecule has 3 heteroatoms. The van der Waals surface area contributed by atoms with Crippen LogP contribution in [0.4, 0.5) is 0 Å². The molecule has 3 N–H and O–H groups in total. The first-order valence-electron chi connectivity index (χ1n) is 2.79. The summed E-state index contributed by atoms with van der Waals surface area (Å²) in [6.07, 6.45) is 0.785. The van der Waals surface area contributed by atoms with Crippen LogP contribution in [0.2, 0.25) is 0 Å². The summed E-state index contributed by atoms with van der Waals surface area (Å²) >= 11 is 0. The van der Waals surface area contributed by atoms with E-state index in [-0.39, 0.29) is 5.92 Å². The molecule has 0 unspecified atom stereocenters. The molecule has 1 rings (SSSR count). The summed E-state index contributed by atoms with van der Waals surface area (Å²) in [5.41, 5.74) is 6.21. The highest BCUT2D eigenvalue weighted by Crippen LogP contribution is 2.37. The summed E-state index contributed by atoms with van der Waals surface area (Å²) in [5, 5.41) is 8.34. The van der Waals surface area contributed by atoms with E-state index < -0.39 is 12.0 Å². The second kappa shape index (κ2) is 1.84. The number of hydrogen-bond donors (Lipinski definition) is 2. The van der Waals surface area contributed by atoms with Crippen molar-refractivity contribution in [2.24, 2.45) is 11.7 Å². The van der Waals surface area contributed by atoms with Gasteiger partial charge in [-0.2, -0.15) is 0 Å². The minimum Gasteiger partial charge on any atom is -0.480 e. The lowest BCUT2D eigenvalue weighted by atomic mass is 10.2. The van der Waals surface area contributed by atoms with E-state index in [4.69, 9.17) is 10.8 Å². The fraction of sp³-hybridized carbons (Fsp3) is 0.500. The van der Waals surface area contributed by atoms with Crippen molar-refractivity contribution < 1.29 is 9.90 Å². The van der Waals surface area contributed by atoms with E-state index in [1.54, 1.807) is 0 Å². The molecule has 9 heavy (non-hydrogen) atoms. The molecule has 0 aromatic heterocycles. The lowest BCUT2D eigenvalue weighted by Crippen LogP contribution is -2.32. The van der Waals surface area contributed by atoms with Crippen molar-refractivity contribution in [3.8, 4) is 0 Å². The van der Waals surface area contributed by atoms with Crippen molar-refractivity contribution in [2.45, 2.75) is 12.5 Å². The normalized spacial score (nSPS) is 27.7. The van der Waals surface area contributed by atoms with Gasteiger partial charge in [-0.05, 0) is 6.42 Å². The molecule has 3 nitrogen and oxygen atoms in total. The summed E-state index contributed by atoms with van der Waals surface area (Å²) in [6.45, 7) is 3.61. The molecule has 0 saturated heterocycles. The van der Waals surface area contributed by atoms with E-state index in [9.17, 15) is 4.79 Å². The number of carboxylic acids is 1. The Labute approximate surface area is 53.2 Å². The molecule has 0 amide bonds. The number of nitrogens with two attached hydrogens (primary N) is 1. The third kappa shape index (κ3) is 1.10. The first-order valence-corrected chi connectivity index (χ1v) is 2.79. The summed E-state index contributed by atoms with van der Waals surface area (Å²) in [4.78, 5) is 10.2. The van der Waals surface area contributed by atoms with E-state index >= 15 is 0 Å². The topological polar surface area (TPSA) is 63.3 Å². The summed E-state index contributed by atoms with van der Waals surface area (Å²) in [5.74, 6) is -0.888. The molecule has 0 aromatic rings. The number of carbonyl (C=O) groups is 1. The smallest absolute Gasteiger partial charge is 0.321 e. The lowest BCUT2D eigenvalue weighted by Gasteiger charge is -1.99. The predicted molar refractivity (Wildman–Crippen MR) is 32.9 cm³/mol. The number of rotatable bonds is 2.